The van der Waals surface area contributed by atoms with Crippen LogP contribution in [-0.4, -0.2) is 27.8 Å². The van der Waals surface area contributed by atoms with E-state index in [1.165, 1.54) is 0 Å². The molecule has 1 aromatic rings. The fourth-order valence-corrected chi connectivity index (χ4v) is 1.73. The van der Waals surface area contributed by atoms with Crippen LogP contribution in [-0.2, 0) is 11.2 Å². The first-order valence-corrected chi connectivity index (χ1v) is 6.81. The van der Waals surface area contributed by atoms with Crippen molar-refractivity contribution < 1.29 is 9.53 Å². The average molecular weight is 267 g/mol. The second-order valence-corrected chi connectivity index (χ2v) is 5.73. The lowest BCUT2D eigenvalue weighted by Crippen LogP contribution is -2.33. The van der Waals surface area contributed by atoms with Gasteiger partial charge in [-0.15, -0.1) is 0 Å². The Bertz CT molecular complexity index is 407. The van der Waals surface area contributed by atoms with E-state index in [4.69, 9.17) is 4.74 Å². The monoisotopic (exact) mass is 267 g/mol. The van der Waals surface area contributed by atoms with Gasteiger partial charge in [-0.25, -0.2) is 9.78 Å². The quantitative estimate of drug-likeness (QED) is 0.892. The standard InChI is InChI=1S/C14H25N3O2/c1-6-11(2)17-10-15-9-12(17)7-8-16-13(18)19-14(3,4)5/h9-11H,6-8H2,1-5H3,(H,16,18). The first-order valence-electron chi connectivity index (χ1n) is 6.81. The van der Waals surface area contributed by atoms with Gasteiger partial charge in [0.2, 0.25) is 0 Å². The number of ether oxygens (including phenoxy) is 1. The normalized spacial score (nSPS) is 13.1. The van der Waals surface area contributed by atoms with E-state index < -0.39 is 5.60 Å². The molecule has 0 aliphatic carbocycles. The maximum atomic E-state index is 11.5. The molecule has 5 nitrogen and oxygen atoms in total. The lowest BCUT2D eigenvalue weighted by Gasteiger charge is -2.20. The first kappa shape index (κ1) is 15.5. The fourth-order valence-electron chi connectivity index (χ4n) is 1.73. The molecular weight excluding hydrogens is 242 g/mol. The van der Waals surface area contributed by atoms with Crippen molar-refractivity contribution in [3.63, 3.8) is 0 Å². The Morgan fingerprint density at radius 3 is 2.79 bits per heavy atom. The molecule has 0 spiro atoms. The van der Waals surface area contributed by atoms with E-state index in [0.717, 1.165) is 18.5 Å². The van der Waals surface area contributed by atoms with Crippen LogP contribution in [0, 0.1) is 0 Å². The van der Waals surface area contributed by atoms with Crippen LogP contribution < -0.4 is 5.32 Å². The fraction of sp³-hybridized carbons (Fsp3) is 0.714. The zero-order valence-corrected chi connectivity index (χ0v) is 12.6. The summed E-state index contributed by atoms with van der Waals surface area (Å²) in [6, 6.07) is 0.430. The highest BCUT2D eigenvalue weighted by Crippen LogP contribution is 2.13. The number of nitrogens with zero attached hydrogens (tertiary/aromatic N) is 2. The number of aromatic nitrogens is 2. The van der Waals surface area contributed by atoms with Gasteiger partial charge in [0.1, 0.15) is 5.60 Å². The van der Waals surface area contributed by atoms with Crippen molar-refractivity contribution in [1.29, 1.82) is 0 Å². The molecule has 1 amide bonds. The highest BCUT2D eigenvalue weighted by atomic mass is 16.6. The van der Waals surface area contributed by atoms with E-state index >= 15 is 0 Å². The highest BCUT2D eigenvalue weighted by Gasteiger charge is 2.15. The second-order valence-electron chi connectivity index (χ2n) is 5.73. The molecular formula is C14H25N3O2. The summed E-state index contributed by atoms with van der Waals surface area (Å²) < 4.78 is 7.33. The molecule has 0 saturated heterocycles. The van der Waals surface area contributed by atoms with E-state index in [1.54, 1.807) is 0 Å². The molecule has 1 aromatic heterocycles. The molecule has 0 fully saturated rings. The zero-order chi connectivity index (χ0) is 14.5. The maximum Gasteiger partial charge on any atom is 0.407 e. The first-order chi connectivity index (χ1) is 8.83. The minimum atomic E-state index is -0.456. The van der Waals surface area contributed by atoms with Gasteiger partial charge in [0, 0.05) is 30.9 Å². The SMILES string of the molecule is CCC(C)n1cncc1CCNC(=O)OC(C)(C)C. The van der Waals surface area contributed by atoms with Crippen molar-refractivity contribution >= 4 is 6.09 Å². The van der Waals surface area contributed by atoms with Crippen LogP contribution in [0.25, 0.3) is 0 Å². The summed E-state index contributed by atoms with van der Waals surface area (Å²) >= 11 is 0. The maximum absolute atomic E-state index is 11.5. The second kappa shape index (κ2) is 6.59. The summed E-state index contributed by atoms with van der Waals surface area (Å²) in [5.74, 6) is 0. The number of nitrogens with one attached hydrogen (secondary N) is 1. The van der Waals surface area contributed by atoms with Gasteiger partial charge in [0.15, 0.2) is 0 Å². The molecule has 0 bridgehead atoms. The summed E-state index contributed by atoms with van der Waals surface area (Å²) in [4.78, 5) is 15.7. The minimum Gasteiger partial charge on any atom is -0.444 e. The third-order valence-electron chi connectivity index (χ3n) is 2.86. The van der Waals surface area contributed by atoms with Crippen molar-refractivity contribution in [2.75, 3.05) is 6.54 Å². The average Bonchev–Trinajstić information content (AvgIpc) is 2.74. The molecule has 0 aliphatic heterocycles. The van der Waals surface area contributed by atoms with Crippen LogP contribution in [0.2, 0.25) is 0 Å². The number of carbonyl (C=O) groups is 1. The van der Waals surface area contributed by atoms with Crippen LogP contribution in [0.1, 0.15) is 52.8 Å². The van der Waals surface area contributed by atoms with Gasteiger partial charge in [0.05, 0.1) is 6.33 Å². The van der Waals surface area contributed by atoms with E-state index in [2.05, 4.69) is 28.7 Å². The smallest absolute Gasteiger partial charge is 0.407 e. The van der Waals surface area contributed by atoms with Crippen molar-refractivity contribution in [3.8, 4) is 0 Å². The summed E-state index contributed by atoms with van der Waals surface area (Å²) in [5, 5.41) is 2.76. The molecule has 1 rings (SSSR count). The Morgan fingerprint density at radius 2 is 2.21 bits per heavy atom. The summed E-state index contributed by atoms with van der Waals surface area (Å²) in [7, 11) is 0. The third kappa shape index (κ3) is 5.32. The lowest BCUT2D eigenvalue weighted by molar-refractivity contribution is 0.0528. The Balaban J connectivity index is 2.42. The number of imidazole rings is 1. The van der Waals surface area contributed by atoms with Gasteiger partial charge in [-0.3, -0.25) is 0 Å². The van der Waals surface area contributed by atoms with Crippen molar-refractivity contribution in [3.05, 3.63) is 18.2 Å². The molecule has 1 unspecified atom stereocenters. The summed E-state index contributed by atoms with van der Waals surface area (Å²) in [6.07, 6.45) is 5.13. The van der Waals surface area contributed by atoms with Crippen molar-refractivity contribution in [2.24, 2.45) is 0 Å². The highest BCUT2D eigenvalue weighted by molar-refractivity contribution is 5.67. The molecule has 1 heterocycles. The number of rotatable bonds is 5. The predicted octanol–water partition coefficient (Wildman–Crippen LogP) is 2.92. The van der Waals surface area contributed by atoms with Crippen LogP contribution >= 0.6 is 0 Å². The zero-order valence-electron chi connectivity index (χ0n) is 12.6. The van der Waals surface area contributed by atoms with E-state index in [0.29, 0.717) is 12.6 Å². The molecule has 1 N–H and O–H groups in total. The van der Waals surface area contributed by atoms with Gasteiger partial charge >= 0.3 is 6.09 Å². The lowest BCUT2D eigenvalue weighted by atomic mass is 10.2. The van der Waals surface area contributed by atoms with Gasteiger partial charge < -0.3 is 14.6 Å². The summed E-state index contributed by atoms with van der Waals surface area (Å²) in [5.41, 5.74) is 0.674. The molecule has 0 aliphatic rings. The largest absolute Gasteiger partial charge is 0.444 e. The molecule has 0 aromatic carbocycles. The molecule has 5 heteroatoms. The van der Waals surface area contributed by atoms with Gasteiger partial charge in [-0.2, -0.15) is 0 Å². The van der Waals surface area contributed by atoms with E-state index in [9.17, 15) is 4.79 Å². The summed E-state index contributed by atoms with van der Waals surface area (Å²) in [6.45, 7) is 10.4. The number of alkyl carbamates (subject to hydrolysis) is 1. The molecule has 19 heavy (non-hydrogen) atoms. The number of carbonyl (C=O) groups excluding carboxylic acids is 1. The van der Waals surface area contributed by atoms with E-state index in [1.807, 2.05) is 33.3 Å². The number of hydrogen-bond acceptors (Lipinski definition) is 3. The Kier molecular flexibility index (Phi) is 5.39. The van der Waals surface area contributed by atoms with Gasteiger partial charge in [-0.05, 0) is 34.1 Å². The third-order valence-corrected chi connectivity index (χ3v) is 2.86. The molecule has 0 saturated carbocycles. The Labute approximate surface area is 115 Å². The van der Waals surface area contributed by atoms with Gasteiger partial charge in [0.25, 0.3) is 0 Å². The molecule has 108 valence electrons. The van der Waals surface area contributed by atoms with Gasteiger partial charge in [-0.1, -0.05) is 6.92 Å². The van der Waals surface area contributed by atoms with Crippen molar-refractivity contribution in [1.82, 2.24) is 14.9 Å². The minimum absolute atomic E-state index is 0.373. The topological polar surface area (TPSA) is 56.2 Å². The number of hydrogen-bond donors (Lipinski definition) is 1. The van der Waals surface area contributed by atoms with Crippen LogP contribution in [0.5, 0.6) is 0 Å². The van der Waals surface area contributed by atoms with Crippen LogP contribution in [0.4, 0.5) is 4.79 Å². The number of amides is 1. The predicted molar refractivity (Wildman–Crippen MR) is 75.2 cm³/mol. The Hall–Kier alpha value is -1.52. The van der Waals surface area contributed by atoms with E-state index in [-0.39, 0.29) is 6.09 Å². The molecule has 0 radical (unpaired) electrons. The molecule has 1 atom stereocenters. The Morgan fingerprint density at radius 1 is 1.53 bits per heavy atom. The van der Waals surface area contributed by atoms with Crippen LogP contribution in [0.3, 0.4) is 0 Å². The van der Waals surface area contributed by atoms with Crippen molar-refractivity contribution in [2.45, 2.75) is 59.1 Å². The van der Waals surface area contributed by atoms with Crippen LogP contribution in [0.15, 0.2) is 12.5 Å².